The Labute approximate surface area is 201 Å². The zero-order valence-corrected chi connectivity index (χ0v) is 19.1. The molecule has 0 saturated heterocycles. The predicted octanol–water partition coefficient (Wildman–Crippen LogP) is 4.77. The molecule has 3 aromatic carbocycles. The first-order valence-corrected chi connectivity index (χ1v) is 10.6. The van der Waals surface area contributed by atoms with Crippen molar-refractivity contribution in [3.05, 3.63) is 78.1 Å². The van der Waals surface area contributed by atoms with Crippen molar-refractivity contribution in [3.63, 3.8) is 0 Å². The van der Waals surface area contributed by atoms with E-state index in [1.165, 1.54) is 32.7 Å². The van der Waals surface area contributed by atoms with Gasteiger partial charge in [-0.25, -0.2) is 14.8 Å². The highest BCUT2D eigenvalue weighted by Crippen LogP contribution is 2.42. The summed E-state index contributed by atoms with van der Waals surface area (Å²) in [6.45, 7) is 0.311. The molecule has 3 N–H and O–H groups in total. The summed E-state index contributed by atoms with van der Waals surface area (Å²) in [5, 5.41) is 23.2. The van der Waals surface area contributed by atoms with Gasteiger partial charge in [0, 0.05) is 23.1 Å². The highest BCUT2D eigenvalue weighted by atomic mass is 16.5. The SMILES string of the molecule is COc1cc2ncnc(Nc3c(/C=C/C(=O)O)ccc(OCc4ccccc4)c3OC)c2cc1O. The number of nitrogens with one attached hydrogen (secondary N) is 1. The second-order valence-electron chi connectivity index (χ2n) is 7.40. The number of phenols is 1. The van der Waals surface area contributed by atoms with Crippen molar-refractivity contribution in [1.82, 2.24) is 9.97 Å². The van der Waals surface area contributed by atoms with E-state index in [9.17, 15) is 9.90 Å². The predicted molar refractivity (Wildman–Crippen MR) is 131 cm³/mol. The van der Waals surface area contributed by atoms with Gasteiger partial charge in [0.15, 0.2) is 23.0 Å². The van der Waals surface area contributed by atoms with Crippen LogP contribution in [0.5, 0.6) is 23.0 Å². The van der Waals surface area contributed by atoms with Crippen LogP contribution in [0.2, 0.25) is 0 Å². The van der Waals surface area contributed by atoms with E-state index in [4.69, 9.17) is 19.3 Å². The molecule has 4 aromatic rings. The molecule has 0 saturated carbocycles. The molecule has 9 heteroatoms. The summed E-state index contributed by atoms with van der Waals surface area (Å²) in [6, 6.07) is 16.2. The molecule has 0 atom stereocenters. The first-order chi connectivity index (χ1) is 17.0. The molecule has 35 heavy (non-hydrogen) atoms. The van der Waals surface area contributed by atoms with Crippen LogP contribution in [-0.2, 0) is 11.4 Å². The first-order valence-electron chi connectivity index (χ1n) is 10.6. The van der Waals surface area contributed by atoms with Crippen LogP contribution in [0.1, 0.15) is 11.1 Å². The normalized spacial score (nSPS) is 10.9. The zero-order chi connectivity index (χ0) is 24.8. The Morgan fingerprint density at radius 3 is 2.54 bits per heavy atom. The minimum absolute atomic E-state index is 0.0734. The lowest BCUT2D eigenvalue weighted by molar-refractivity contribution is -0.131. The molecule has 0 aliphatic heterocycles. The zero-order valence-electron chi connectivity index (χ0n) is 19.1. The van der Waals surface area contributed by atoms with Gasteiger partial charge in [0.1, 0.15) is 18.8 Å². The number of carboxylic acid groups (broad SMARTS) is 1. The van der Waals surface area contributed by atoms with Gasteiger partial charge in [-0.2, -0.15) is 0 Å². The molecule has 4 rings (SSSR count). The Morgan fingerprint density at radius 2 is 1.83 bits per heavy atom. The molecule has 0 aliphatic carbocycles. The molecular formula is C26H23N3O6. The van der Waals surface area contributed by atoms with Gasteiger partial charge in [0.05, 0.1) is 25.4 Å². The quantitative estimate of drug-likeness (QED) is 0.295. The van der Waals surface area contributed by atoms with E-state index in [0.717, 1.165) is 11.6 Å². The number of carbonyl (C=O) groups is 1. The molecule has 0 unspecified atom stereocenters. The van der Waals surface area contributed by atoms with E-state index in [2.05, 4.69) is 15.3 Å². The number of ether oxygens (including phenoxy) is 3. The number of aromatic hydroxyl groups is 1. The molecule has 1 heterocycles. The maximum Gasteiger partial charge on any atom is 0.328 e. The van der Waals surface area contributed by atoms with Gasteiger partial charge < -0.3 is 29.7 Å². The Hall–Kier alpha value is -4.79. The summed E-state index contributed by atoms with van der Waals surface area (Å²) in [4.78, 5) is 19.7. The van der Waals surface area contributed by atoms with Gasteiger partial charge >= 0.3 is 5.97 Å². The second kappa shape index (κ2) is 10.4. The lowest BCUT2D eigenvalue weighted by Gasteiger charge is -2.18. The van der Waals surface area contributed by atoms with E-state index in [-0.39, 0.29) is 11.5 Å². The fourth-order valence-electron chi connectivity index (χ4n) is 3.51. The van der Waals surface area contributed by atoms with Crippen molar-refractivity contribution < 1.29 is 29.2 Å². The number of fused-ring (bicyclic) bond motifs is 1. The van der Waals surface area contributed by atoms with Crippen LogP contribution in [0, 0.1) is 0 Å². The minimum Gasteiger partial charge on any atom is -0.504 e. The van der Waals surface area contributed by atoms with Crippen molar-refractivity contribution in [1.29, 1.82) is 0 Å². The summed E-state index contributed by atoms with van der Waals surface area (Å²) in [7, 11) is 2.95. The smallest absolute Gasteiger partial charge is 0.328 e. The Balaban J connectivity index is 1.79. The van der Waals surface area contributed by atoms with Crippen LogP contribution in [-0.4, -0.2) is 40.4 Å². The summed E-state index contributed by atoms with van der Waals surface area (Å²) in [6.07, 6.45) is 3.84. The van der Waals surface area contributed by atoms with E-state index in [0.29, 0.717) is 46.1 Å². The second-order valence-corrected chi connectivity index (χ2v) is 7.40. The summed E-state index contributed by atoms with van der Waals surface area (Å²) < 4.78 is 16.9. The van der Waals surface area contributed by atoms with Crippen LogP contribution < -0.4 is 19.5 Å². The van der Waals surface area contributed by atoms with Crippen LogP contribution in [0.25, 0.3) is 17.0 Å². The van der Waals surface area contributed by atoms with E-state index < -0.39 is 5.97 Å². The van der Waals surface area contributed by atoms with Crippen molar-refractivity contribution in [2.45, 2.75) is 6.61 Å². The molecule has 9 nitrogen and oxygen atoms in total. The third kappa shape index (κ3) is 5.25. The molecule has 1 aromatic heterocycles. The highest BCUT2D eigenvalue weighted by Gasteiger charge is 2.18. The van der Waals surface area contributed by atoms with Crippen LogP contribution >= 0.6 is 0 Å². The van der Waals surface area contributed by atoms with E-state index in [1.54, 1.807) is 18.2 Å². The molecule has 0 bridgehead atoms. The standard InChI is InChI=1S/C26H23N3O6/c1-33-22-13-19-18(12-20(22)30)26(28-15-27-19)29-24-17(9-11-23(31)32)8-10-21(25(24)34-2)35-14-16-6-4-3-5-7-16/h3-13,15,30H,14H2,1-2H3,(H,31,32)(H,27,28,29)/b11-9+. The topological polar surface area (TPSA) is 123 Å². The van der Waals surface area contributed by atoms with Gasteiger partial charge in [-0.15, -0.1) is 0 Å². The number of anilines is 2. The van der Waals surface area contributed by atoms with Crippen LogP contribution in [0.3, 0.4) is 0 Å². The Kier molecular flexibility index (Phi) is 6.96. The number of phenolic OH excluding ortho intramolecular Hbond substituents is 1. The average molecular weight is 473 g/mol. The Morgan fingerprint density at radius 1 is 1.03 bits per heavy atom. The van der Waals surface area contributed by atoms with Crippen LogP contribution in [0.15, 0.2) is 67.0 Å². The van der Waals surface area contributed by atoms with Gasteiger partial charge in [-0.05, 0) is 29.8 Å². The highest BCUT2D eigenvalue weighted by molar-refractivity contribution is 5.95. The van der Waals surface area contributed by atoms with Crippen molar-refractivity contribution >= 4 is 34.5 Å². The van der Waals surface area contributed by atoms with Crippen LogP contribution in [0.4, 0.5) is 11.5 Å². The number of aromatic nitrogens is 2. The molecule has 0 aliphatic rings. The van der Waals surface area contributed by atoms with Gasteiger partial charge in [-0.1, -0.05) is 30.3 Å². The number of methoxy groups -OCH3 is 2. The Bertz CT molecular complexity index is 1390. The van der Waals surface area contributed by atoms with Crippen molar-refractivity contribution in [3.8, 4) is 23.0 Å². The van der Waals surface area contributed by atoms with Gasteiger partial charge in [0.25, 0.3) is 0 Å². The maximum atomic E-state index is 11.2. The van der Waals surface area contributed by atoms with E-state index in [1.807, 2.05) is 30.3 Å². The molecule has 0 radical (unpaired) electrons. The number of rotatable bonds is 9. The fourth-order valence-corrected chi connectivity index (χ4v) is 3.51. The number of hydrogen-bond donors (Lipinski definition) is 3. The largest absolute Gasteiger partial charge is 0.504 e. The maximum absolute atomic E-state index is 11.2. The van der Waals surface area contributed by atoms with Gasteiger partial charge in [0.2, 0.25) is 0 Å². The molecular weight excluding hydrogens is 450 g/mol. The first kappa shape index (κ1) is 23.4. The molecule has 178 valence electrons. The summed E-state index contributed by atoms with van der Waals surface area (Å²) >= 11 is 0. The van der Waals surface area contributed by atoms with E-state index >= 15 is 0 Å². The molecule has 0 fully saturated rings. The minimum atomic E-state index is -1.09. The van der Waals surface area contributed by atoms with Crippen molar-refractivity contribution in [2.24, 2.45) is 0 Å². The third-order valence-corrected chi connectivity index (χ3v) is 5.18. The average Bonchev–Trinajstić information content (AvgIpc) is 2.87. The molecule has 0 spiro atoms. The number of aliphatic carboxylic acids is 1. The lowest BCUT2D eigenvalue weighted by atomic mass is 10.1. The van der Waals surface area contributed by atoms with Gasteiger partial charge in [-0.3, -0.25) is 0 Å². The monoisotopic (exact) mass is 473 g/mol. The fraction of sp³-hybridized carbons (Fsp3) is 0.115. The molecule has 0 amide bonds. The number of nitrogens with zero attached hydrogens (tertiary/aromatic N) is 2. The number of benzene rings is 3. The van der Waals surface area contributed by atoms with Crippen molar-refractivity contribution in [2.75, 3.05) is 19.5 Å². The number of hydrogen-bond acceptors (Lipinski definition) is 8. The third-order valence-electron chi connectivity index (χ3n) is 5.18. The summed E-state index contributed by atoms with van der Waals surface area (Å²) in [5.41, 5.74) is 2.48. The number of carboxylic acids is 1. The lowest BCUT2D eigenvalue weighted by Crippen LogP contribution is -2.04. The summed E-state index contributed by atoms with van der Waals surface area (Å²) in [5.74, 6) is 0.296.